The van der Waals surface area contributed by atoms with Crippen LogP contribution in [0.1, 0.15) is 15.9 Å². The van der Waals surface area contributed by atoms with Crippen molar-refractivity contribution in [3.8, 4) is 22.8 Å². The fraction of sp³-hybridized carbons (Fsp3) is 0.158. The minimum absolute atomic E-state index is 0.0726. The topological polar surface area (TPSA) is 53.4 Å². The van der Waals surface area contributed by atoms with Crippen LogP contribution in [0.5, 0.6) is 11.5 Å². The SMILES string of the molecule is COc1ccc(C(=O)c2cn(C)nc2-c2ccc(OC)cc2)cc1. The number of aromatic nitrogens is 2. The van der Waals surface area contributed by atoms with E-state index >= 15 is 0 Å². The average Bonchev–Trinajstić information content (AvgIpc) is 3.03. The number of methoxy groups -OCH3 is 2. The van der Waals surface area contributed by atoms with E-state index in [4.69, 9.17) is 9.47 Å². The molecule has 0 aliphatic heterocycles. The Morgan fingerprint density at radius 3 is 2.00 bits per heavy atom. The second kappa shape index (κ2) is 6.58. The molecule has 0 aliphatic carbocycles. The number of carbonyl (C=O) groups is 1. The van der Waals surface area contributed by atoms with Crippen LogP contribution in [0, 0.1) is 0 Å². The zero-order valence-electron chi connectivity index (χ0n) is 13.8. The van der Waals surface area contributed by atoms with Gasteiger partial charge in [-0.15, -0.1) is 0 Å². The summed E-state index contributed by atoms with van der Waals surface area (Å²) < 4.78 is 12.0. The Hall–Kier alpha value is -3.08. The number of ketones is 1. The molecule has 0 aliphatic rings. The van der Waals surface area contributed by atoms with Gasteiger partial charge in [-0.1, -0.05) is 0 Å². The number of rotatable bonds is 5. The van der Waals surface area contributed by atoms with E-state index in [1.54, 1.807) is 56.4 Å². The molecule has 0 saturated heterocycles. The summed E-state index contributed by atoms with van der Waals surface area (Å²) in [5, 5.41) is 4.45. The molecule has 3 aromatic rings. The Bertz CT molecular complexity index is 849. The standard InChI is InChI=1S/C19H18N2O3/c1-21-12-17(19(22)14-6-10-16(24-3)11-7-14)18(20-21)13-4-8-15(23-2)9-5-13/h4-12H,1-3H3. The third kappa shape index (κ3) is 3.01. The molecule has 0 amide bonds. The summed E-state index contributed by atoms with van der Waals surface area (Å²) >= 11 is 0. The van der Waals surface area contributed by atoms with Crippen LogP contribution in [0.4, 0.5) is 0 Å². The van der Waals surface area contributed by atoms with Crippen LogP contribution in [0.25, 0.3) is 11.3 Å². The molecular weight excluding hydrogens is 304 g/mol. The van der Waals surface area contributed by atoms with E-state index in [1.165, 1.54) is 0 Å². The smallest absolute Gasteiger partial charge is 0.196 e. The molecule has 0 atom stereocenters. The summed E-state index contributed by atoms with van der Waals surface area (Å²) in [5.74, 6) is 1.40. The summed E-state index contributed by atoms with van der Waals surface area (Å²) in [4.78, 5) is 12.9. The number of nitrogens with zero attached hydrogens (tertiary/aromatic N) is 2. The molecule has 1 aromatic heterocycles. The predicted octanol–water partition coefficient (Wildman–Crippen LogP) is 3.34. The van der Waals surface area contributed by atoms with Crippen LogP contribution >= 0.6 is 0 Å². The summed E-state index contributed by atoms with van der Waals surface area (Å²) in [6.07, 6.45) is 1.74. The van der Waals surface area contributed by atoms with Gasteiger partial charge in [0.2, 0.25) is 0 Å². The molecule has 3 rings (SSSR count). The number of ether oxygens (including phenoxy) is 2. The number of hydrogen-bond donors (Lipinski definition) is 0. The van der Waals surface area contributed by atoms with Crippen LogP contribution in [0.15, 0.2) is 54.7 Å². The van der Waals surface area contributed by atoms with Gasteiger partial charge < -0.3 is 9.47 Å². The lowest BCUT2D eigenvalue weighted by atomic mass is 10.0. The Kier molecular flexibility index (Phi) is 4.33. The van der Waals surface area contributed by atoms with Crippen molar-refractivity contribution < 1.29 is 14.3 Å². The minimum Gasteiger partial charge on any atom is -0.497 e. The lowest BCUT2D eigenvalue weighted by Gasteiger charge is -2.05. The fourth-order valence-corrected chi connectivity index (χ4v) is 2.51. The highest BCUT2D eigenvalue weighted by Crippen LogP contribution is 2.26. The molecule has 2 aromatic carbocycles. The van der Waals surface area contributed by atoms with Gasteiger partial charge in [0, 0.05) is 24.4 Å². The first-order valence-corrected chi connectivity index (χ1v) is 7.49. The van der Waals surface area contributed by atoms with E-state index in [0.29, 0.717) is 22.6 Å². The maximum Gasteiger partial charge on any atom is 0.196 e. The van der Waals surface area contributed by atoms with E-state index in [0.717, 1.165) is 11.3 Å². The molecule has 0 fully saturated rings. The van der Waals surface area contributed by atoms with Crippen LogP contribution in [0.3, 0.4) is 0 Å². The van der Waals surface area contributed by atoms with Crippen molar-refractivity contribution in [3.63, 3.8) is 0 Å². The van der Waals surface area contributed by atoms with Gasteiger partial charge in [0.15, 0.2) is 5.78 Å². The monoisotopic (exact) mass is 322 g/mol. The summed E-state index contributed by atoms with van der Waals surface area (Å²) in [7, 11) is 5.02. The van der Waals surface area contributed by atoms with Gasteiger partial charge in [-0.25, -0.2) is 0 Å². The van der Waals surface area contributed by atoms with Crippen molar-refractivity contribution >= 4 is 5.78 Å². The quantitative estimate of drug-likeness (QED) is 0.676. The van der Waals surface area contributed by atoms with Gasteiger partial charge in [0.25, 0.3) is 0 Å². The molecule has 0 spiro atoms. The molecular formula is C19H18N2O3. The highest BCUT2D eigenvalue weighted by Gasteiger charge is 2.18. The van der Waals surface area contributed by atoms with Gasteiger partial charge in [0.05, 0.1) is 19.8 Å². The van der Waals surface area contributed by atoms with E-state index in [1.807, 2.05) is 24.3 Å². The van der Waals surface area contributed by atoms with Crippen molar-refractivity contribution in [1.29, 1.82) is 0 Å². The van der Waals surface area contributed by atoms with Crippen molar-refractivity contribution in [1.82, 2.24) is 9.78 Å². The largest absolute Gasteiger partial charge is 0.497 e. The van der Waals surface area contributed by atoms with Crippen molar-refractivity contribution in [2.75, 3.05) is 14.2 Å². The fourth-order valence-electron chi connectivity index (χ4n) is 2.51. The number of benzene rings is 2. The van der Waals surface area contributed by atoms with E-state index < -0.39 is 0 Å². The van der Waals surface area contributed by atoms with Crippen molar-refractivity contribution in [2.45, 2.75) is 0 Å². The third-order valence-electron chi connectivity index (χ3n) is 3.79. The molecule has 122 valence electrons. The molecule has 0 saturated carbocycles. The molecule has 24 heavy (non-hydrogen) atoms. The first kappa shape index (κ1) is 15.8. The van der Waals surface area contributed by atoms with E-state index in [9.17, 15) is 4.79 Å². The highest BCUT2D eigenvalue weighted by atomic mass is 16.5. The predicted molar refractivity (Wildman–Crippen MR) is 91.6 cm³/mol. The van der Waals surface area contributed by atoms with Gasteiger partial charge in [-0.3, -0.25) is 9.48 Å². The first-order chi connectivity index (χ1) is 11.6. The number of hydrogen-bond acceptors (Lipinski definition) is 4. The Morgan fingerprint density at radius 1 is 0.917 bits per heavy atom. The Balaban J connectivity index is 1.99. The third-order valence-corrected chi connectivity index (χ3v) is 3.79. The molecule has 1 heterocycles. The van der Waals surface area contributed by atoms with E-state index in [2.05, 4.69) is 5.10 Å². The average molecular weight is 322 g/mol. The van der Waals surface area contributed by atoms with Crippen LogP contribution in [-0.2, 0) is 7.05 Å². The van der Waals surface area contributed by atoms with Crippen molar-refractivity contribution in [2.24, 2.45) is 7.05 Å². The van der Waals surface area contributed by atoms with Crippen LogP contribution < -0.4 is 9.47 Å². The first-order valence-electron chi connectivity index (χ1n) is 7.49. The number of aryl methyl sites for hydroxylation is 1. The van der Waals surface area contributed by atoms with Crippen LogP contribution in [-0.4, -0.2) is 29.8 Å². The maximum absolute atomic E-state index is 12.9. The molecule has 5 nitrogen and oxygen atoms in total. The van der Waals surface area contributed by atoms with Crippen LogP contribution in [0.2, 0.25) is 0 Å². The maximum atomic E-state index is 12.9. The second-order valence-corrected chi connectivity index (χ2v) is 5.35. The van der Waals surface area contributed by atoms with Gasteiger partial charge in [-0.05, 0) is 48.5 Å². The summed E-state index contributed by atoms with van der Waals surface area (Å²) in [5.41, 5.74) is 2.68. The zero-order chi connectivity index (χ0) is 17.1. The summed E-state index contributed by atoms with van der Waals surface area (Å²) in [6, 6.07) is 14.6. The molecule has 0 bridgehead atoms. The highest BCUT2D eigenvalue weighted by molar-refractivity contribution is 6.12. The zero-order valence-corrected chi connectivity index (χ0v) is 13.8. The molecule has 0 unspecified atom stereocenters. The Morgan fingerprint density at radius 2 is 1.46 bits per heavy atom. The summed E-state index contributed by atoms with van der Waals surface area (Å²) in [6.45, 7) is 0. The molecule has 5 heteroatoms. The van der Waals surface area contributed by atoms with Gasteiger partial charge >= 0.3 is 0 Å². The van der Waals surface area contributed by atoms with Gasteiger partial charge in [0.1, 0.15) is 17.2 Å². The van der Waals surface area contributed by atoms with E-state index in [-0.39, 0.29) is 5.78 Å². The Labute approximate surface area is 140 Å². The minimum atomic E-state index is -0.0726. The van der Waals surface area contributed by atoms with Crippen molar-refractivity contribution in [3.05, 3.63) is 65.9 Å². The second-order valence-electron chi connectivity index (χ2n) is 5.35. The number of carbonyl (C=O) groups excluding carboxylic acids is 1. The molecule has 0 radical (unpaired) electrons. The van der Waals surface area contributed by atoms with Gasteiger partial charge in [-0.2, -0.15) is 5.10 Å². The normalized spacial score (nSPS) is 10.5. The lowest BCUT2D eigenvalue weighted by Crippen LogP contribution is -2.02. The molecule has 0 N–H and O–H groups in total. The lowest BCUT2D eigenvalue weighted by molar-refractivity contribution is 0.103.